The van der Waals surface area contributed by atoms with Crippen molar-refractivity contribution in [3.8, 4) is 5.75 Å². The number of hydrogen-bond acceptors (Lipinski definition) is 2. The lowest BCUT2D eigenvalue weighted by atomic mass is 10.2. The molecule has 1 aromatic rings. The monoisotopic (exact) mass is 177 g/mol. The fraction of sp³-hybridized carbons (Fsp3) is 0.273. The number of nitrogens with two attached hydrogens (primary N) is 1. The number of ether oxygens (including phenoxy) is 1. The maximum absolute atomic E-state index is 5.67. The van der Waals surface area contributed by atoms with Crippen molar-refractivity contribution in [2.45, 2.75) is 13.8 Å². The number of rotatable bonds is 3. The van der Waals surface area contributed by atoms with Crippen molar-refractivity contribution in [2.75, 3.05) is 12.3 Å². The van der Waals surface area contributed by atoms with Crippen molar-refractivity contribution in [2.24, 2.45) is 0 Å². The van der Waals surface area contributed by atoms with Gasteiger partial charge in [-0.15, -0.1) is 0 Å². The molecule has 0 fully saturated rings. The molecule has 70 valence electrons. The third kappa shape index (κ3) is 2.82. The van der Waals surface area contributed by atoms with Crippen LogP contribution in [0.5, 0.6) is 5.75 Å². The lowest BCUT2D eigenvalue weighted by Crippen LogP contribution is -1.95. The Bertz CT molecular complexity index is 305. The predicted molar refractivity (Wildman–Crippen MR) is 55.9 cm³/mol. The first-order valence-corrected chi connectivity index (χ1v) is 4.34. The molecule has 2 heteroatoms. The summed E-state index contributed by atoms with van der Waals surface area (Å²) in [6.07, 6.45) is 3.93. The Hall–Kier alpha value is -1.44. The molecule has 0 saturated carbocycles. The third-order valence-electron chi connectivity index (χ3n) is 1.82. The van der Waals surface area contributed by atoms with Crippen LogP contribution in [-0.2, 0) is 0 Å². The second kappa shape index (κ2) is 4.55. The molecule has 0 saturated heterocycles. The third-order valence-corrected chi connectivity index (χ3v) is 1.82. The number of aryl methyl sites for hydroxylation is 1. The highest BCUT2D eigenvalue weighted by molar-refractivity contribution is 5.49. The maximum atomic E-state index is 5.67. The standard InChI is InChI=1S/C11H15NO/c1-3-4-7-13-10-5-6-11(12)9(2)8-10/h3-6,8H,7,12H2,1-2H3/b4-3+. The molecular formula is C11H15NO. The van der Waals surface area contributed by atoms with Crippen LogP contribution in [0.1, 0.15) is 12.5 Å². The van der Waals surface area contributed by atoms with Crippen molar-refractivity contribution < 1.29 is 4.74 Å². The summed E-state index contributed by atoms with van der Waals surface area (Å²) in [5, 5.41) is 0. The van der Waals surface area contributed by atoms with Crippen molar-refractivity contribution >= 4 is 5.69 Å². The van der Waals surface area contributed by atoms with Gasteiger partial charge in [-0.05, 0) is 37.6 Å². The summed E-state index contributed by atoms with van der Waals surface area (Å²) in [7, 11) is 0. The van der Waals surface area contributed by atoms with E-state index >= 15 is 0 Å². The van der Waals surface area contributed by atoms with Gasteiger partial charge in [0.15, 0.2) is 0 Å². The number of nitrogen functional groups attached to an aromatic ring is 1. The summed E-state index contributed by atoms with van der Waals surface area (Å²) in [5.41, 5.74) is 7.53. The van der Waals surface area contributed by atoms with E-state index in [4.69, 9.17) is 10.5 Å². The molecule has 0 radical (unpaired) electrons. The van der Waals surface area contributed by atoms with Crippen LogP contribution < -0.4 is 10.5 Å². The second-order valence-corrected chi connectivity index (χ2v) is 2.90. The largest absolute Gasteiger partial charge is 0.490 e. The number of hydrogen-bond donors (Lipinski definition) is 1. The van der Waals surface area contributed by atoms with E-state index in [1.165, 1.54) is 0 Å². The van der Waals surface area contributed by atoms with Gasteiger partial charge in [-0.2, -0.15) is 0 Å². The summed E-state index contributed by atoms with van der Waals surface area (Å²) in [5.74, 6) is 0.866. The molecular weight excluding hydrogens is 162 g/mol. The highest BCUT2D eigenvalue weighted by Crippen LogP contribution is 2.18. The van der Waals surface area contributed by atoms with E-state index in [-0.39, 0.29) is 0 Å². The van der Waals surface area contributed by atoms with Crippen molar-refractivity contribution in [3.05, 3.63) is 35.9 Å². The Labute approximate surface area is 79.0 Å². The lowest BCUT2D eigenvalue weighted by molar-refractivity contribution is 0.362. The fourth-order valence-electron chi connectivity index (χ4n) is 0.979. The second-order valence-electron chi connectivity index (χ2n) is 2.90. The summed E-state index contributed by atoms with van der Waals surface area (Å²) >= 11 is 0. The molecule has 0 atom stereocenters. The van der Waals surface area contributed by atoms with E-state index in [1.807, 2.05) is 44.2 Å². The van der Waals surface area contributed by atoms with Crippen LogP contribution in [0.2, 0.25) is 0 Å². The van der Waals surface area contributed by atoms with Gasteiger partial charge < -0.3 is 10.5 Å². The zero-order valence-corrected chi connectivity index (χ0v) is 8.08. The van der Waals surface area contributed by atoms with Gasteiger partial charge in [-0.25, -0.2) is 0 Å². The van der Waals surface area contributed by atoms with E-state index < -0.39 is 0 Å². The first kappa shape index (κ1) is 9.65. The highest BCUT2D eigenvalue weighted by Gasteiger charge is 1.95. The molecule has 0 aliphatic heterocycles. The molecule has 13 heavy (non-hydrogen) atoms. The minimum atomic E-state index is 0.611. The molecule has 0 aliphatic rings. The molecule has 0 bridgehead atoms. The summed E-state index contributed by atoms with van der Waals surface area (Å²) in [4.78, 5) is 0. The SMILES string of the molecule is C/C=C/COc1ccc(N)c(C)c1. The van der Waals surface area contributed by atoms with Gasteiger partial charge in [0.1, 0.15) is 12.4 Å². The van der Waals surface area contributed by atoms with Crippen LogP contribution >= 0.6 is 0 Å². The lowest BCUT2D eigenvalue weighted by Gasteiger charge is -2.05. The Balaban J connectivity index is 2.63. The summed E-state index contributed by atoms with van der Waals surface area (Å²) in [6.45, 7) is 4.55. The zero-order chi connectivity index (χ0) is 9.68. The molecule has 0 aromatic heterocycles. The van der Waals surface area contributed by atoms with Gasteiger partial charge in [-0.3, -0.25) is 0 Å². The van der Waals surface area contributed by atoms with Crippen LogP contribution in [0.4, 0.5) is 5.69 Å². The summed E-state index contributed by atoms with van der Waals surface area (Å²) < 4.78 is 5.44. The fourth-order valence-corrected chi connectivity index (χ4v) is 0.979. The molecule has 1 aromatic carbocycles. The van der Waals surface area contributed by atoms with E-state index in [9.17, 15) is 0 Å². The maximum Gasteiger partial charge on any atom is 0.120 e. The Morgan fingerprint density at radius 2 is 2.23 bits per heavy atom. The average molecular weight is 177 g/mol. The van der Waals surface area contributed by atoms with Crippen LogP contribution in [0, 0.1) is 6.92 Å². The smallest absolute Gasteiger partial charge is 0.120 e. The average Bonchev–Trinajstić information content (AvgIpc) is 2.12. The number of anilines is 1. The van der Waals surface area contributed by atoms with Crippen LogP contribution in [0.25, 0.3) is 0 Å². The molecule has 0 aliphatic carbocycles. The van der Waals surface area contributed by atoms with E-state index in [2.05, 4.69) is 0 Å². The quantitative estimate of drug-likeness (QED) is 0.568. The van der Waals surface area contributed by atoms with Gasteiger partial charge in [0.25, 0.3) is 0 Å². The minimum absolute atomic E-state index is 0.611. The van der Waals surface area contributed by atoms with Gasteiger partial charge >= 0.3 is 0 Å². The highest BCUT2D eigenvalue weighted by atomic mass is 16.5. The van der Waals surface area contributed by atoms with Crippen LogP contribution in [0.15, 0.2) is 30.4 Å². The van der Waals surface area contributed by atoms with Crippen LogP contribution in [-0.4, -0.2) is 6.61 Å². The van der Waals surface area contributed by atoms with E-state index in [1.54, 1.807) is 0 Å². The molecule has 2 nitrogen and oxygen atoms in total. The van der Waals surface area contributed by atoms with Crippen molar-refractivity contribution in [1.82, 2.24) is 0 Å². The van der Waals surface area contributed by atoms with Crippen molar-refractivity contribution in [1.29, 1.82) is 0 Å². The Morgan fingerprint density at radius 3 is 2.85 bits per heavy atom. The van der Waals surface area contributed by atoms with Gasteiger partial charge in [0.05, 0.1) is 0 Å². The minimum Gasteiger partial charge on any atom is -0.490 e. The molecule has 0 amide bonds. The first-order valence-electron chi connectivity index (χ1n) is 4.34. The van der Waals surface area contributed by atoms with Gasteiger partial charge in [0, 0.05) is 5.69 Å². The van der Waals surface area contributed by atoms with Crippen molar-refractivity contribution in [3.63, 3.8) is 0 Å². The molecule has 0 unspecified atom stereocenters. The molecule has 2 N–H and O–H groups in total. The molecule has 0 spiro atoms. The zero-order valence-electron chi connectivity index (χ0n) is 8.08. The topological polar surface area (TPSA) is 35.2 Å². The normalized spacial score (nSPS) is 10.6. The predicted octanol–water partition coefficient (Wildman–Crippen LogP) is 2.53. The van der Waals surface area contributed by atoms with E-state index in [0.29, 0.717) is 6.61 Å². The number of benzene rings is 1. The number of allylic oxidation sites excluding steroid dienone is 1. The first-order chi connectivity index (χ1) is 6.24. The molecule has 0 heterocycles. The Morgan fingerprint density at radius 1 is 1.46 bits per heavy atom. The van der Waals surface area contributed by atoms with Crippen LogP contribution in [0.3, 0.4) is 0 Å². The Kier molecular flexibility index (Phi) is 3.38. The van der Waals surface area contributed by atoms with E-state index in [0.717, 1.165) is 17.0 Å². The summed E-state index contributed by atoms with van der Waals surface area (Å²) in [6, 6.07) is 5.69. The molecule has 1 rings (SSSR count). The van der Waals surface area contributed by atoms with Gasteiger partial charge in [-0.1, -0.05) is 12.2 Å². The van der Waals surface area contributed by atoms with Gasteiger partial charge in [0.2, 0.25) is 0 Å².